The summed E-state index contributed by atoms with van der Waals surface area (Å²) in [4.78, 5) is 4.03. The maximum atomic E-state index is 13.6. The second kappa shape index (κ2) is 7.50. The van der Waals surface area contributed by atoms with Gasteiger partial charge in [0.1, 0.15) is 5.82 Å². The second-order valence-electron chi connectivity index (χ2n) is 4.73. The van der Waals surface area contributed by atoms with E-state index in [1.54, 1.807) is 18.5 Å². The quantitative estimate of drug-likeness (QED) is 0.868. The van der Waals surface area contributed by atoms with Gasteiger partial charge < -0.3 is 5.32 Å². The number of hydrogen-bond acceptors (Lipinski definition) is 2. The molecule has 0 amide bonds. The number of benzene rings is 1. The number of rotatable bonds is 6. The highest BCUT2D eigenvalue weighted by molar-refractivity contribution is 9.10. The zero-order chi connectivity index (χ0) is 14.4. The molecule has 0 aliphatic heterocycles. The monoisotopic (exact) mass is 336 g/mol. The summed E-state index contributed by atoms with van der Waals surface area (Å²) in [7, 11) is 0. The third-order valence-electron chi connectivity index (χ3n) is 3.22. The first-order valence-corrected chi connectivity index (χ1v) is 7.55. The van der Waals surface area contributed by atoms with Gasteiger partial charge in [-0.05, 0) is 64.6 Å². The number of nitrogens with zero attached hydrogens (tertiary/aromatic N) is 1. The van der Waals surface area contributed by atoms with Gasteiger partial charge in [0.25, 0.3) is 0 Å². The van der Waals surface area contributed by atoms with Crippen molar-refractivity contribution in [2.75, 3.05) is 6.54 Å². The van der Waals surface area contributed by atoms with Gasteiger partial charge in [-0.15, -0.1) is 0 Å². The van der Waals surface area contributed by atoms with E-state index in [9.17, 15) is 4.39 Å². The highest BCUT2D eigenvalue weighted by Gasteiger charge is 2.13. The van der Waals surface area contributed by atoms with Crippen LogP contribution < -0.4 is 5.32 Å². The molecule has 2 aromatic rings. The van der Waals surface area contributed by atoms with E-state index in [0.717, 1.165) is 24.9 Å². The van der Waals surface area contributed by atoms with Crippen molar-refractivity contribution in [1.82, 2.24) is 10.3 Å². The van der Waals surface area contributed by atoms with Gasteiger partial charge in [-0.25, -0.2) is 4.39 Å². The van der Waals surface area contributed by atoms with Gasteiger partial charge in [0.15, 0.2) is 0 Å². The number of halogens is 2. The van der Waals surface area contributed by atoms with Crippen LogP contribution in [0.3, 0.4) is 0 Å². The van der Waals surface area contributed by atoms with Crippen LogP contribution in [-0.4, -0.2) is 17.6 Å². The van der Waals surface area contributed by atoms with Crippen molar-refractivity contribution in [1.29, 1.82) is 0 Å². The van der Waals surface area contributed by atoms with Crippen LogP contribution in [0.5, 0.6) is 0 Å². The second-order valence-corrected chi connectivity index (χ2v) is 5.52. The molecule has 106 valence electrons. The Morgan fingerprint density at radius 3 is 2.65 bits per heavy atom. The topological polar surface area (TPSA) is 24.9 Å². The average Bonchev–Trinajstić information content (AvgIpc) is 2.45. The summed E-state index contributed by atoms with van der Waals surface area (Å²) in [6.45, 7) is 2.98. The fourth-order valence-corrected chi connectivity index (χ4v) is 2.71. The van der Waals surface area contributed by atoms with Gasteiger partial charge in [0.2, 0.25) is 0 Å². The average molecular weight is 337 g/mol. The summed E-state index contributed by atoms with van der Waals surface area (Å²) in [6.07, 6.45) is 5.29. The predicted octanol–water partition coefficient (Wildman–Crippen LogP) is 3.75. The minimum atomic E-state index is -0.207. The summed E-state index contributed by atoms with van der Waals surface area (Å²) in [5, 5.41) is 3.46. The van der Waals surface area contributed by atoms with Crippen LogP contribution in [0, 0.1) is 5.82 Å². The molecule has 2 rings (SSSR count). The third-order valence-corrected chi connectivity index (χ3v) is 4.11. The molecular formula is C16H18BrFN2. The molecule has 20 heavy (non-hydrogen) atoms. The zero-order valence-corrected chi connectivity index (χ0v) is 13.0. The Morgan fingerprint density at radius 2 is 1.95 bits per heavy atom. The maximum Gasteiger partial charge on any atom is 0.137 e. The Balaban J connectivity index is 2.11. The van der Waals surface area contributed by atoms with Crippen LogP contribution in [0.15, 0.2) is 47.2 Å². The van der Waals surface area contributed by atoms with E-state index in [4.69, 9.17) is 0 Å². The molecule has 1 N–H and O–H groups in total. The molecule has 0 aliphatic carbocycles. The van der Waals surface area contributed by atoms with E-state index < -0.39 is 0 Å². The lowest BCUT2D eigenvalue weighted by molar-refractivity contribution is 0.518. The number of nitrogens with one attached hydrogen (secondary N) is 1. The molecular weight excluding hydrogens is 319 g/mol. The van der Waals surface area contributed by atoms with Crippen molar-refractivity contribution in [2.24, 2.45) is 0 Å². The standard InChI is InChI=1S/C16H18BrFN2/c1-2-20-14(10-12-6-8-19-9-7-12)11-13-4-3-5-15(18)16(13)17/h3-9,14,20H,2,10-11H2,1H3. The van der Waals surface area contributed by atoms with Crippen molar-refractivity contribution in [3.8, 4) is 0 Å². The number of hydrogen-bond donors (Lipinski definition) is 1. The highest BCUT2D eigenvalue weighted by atomic mass is 79.9. The van der Waals surface area contributed by atoms with Gasteiger partial charge in [0.05, 0.1) is 4.47 Å². The van der Waals surface area contributed by atoms with Crippen LogP contribution in [0.25, 0.3) is 0 Å². The SMILES string of the molecule is CCNC(Cc1ccncc1)Cc1cccc(F)c1Br. The van der Waals surface area contributed by atoms with Crippen LogP contribution >= 0.6 is 15.9 Å². The molecule has 0 spiro atoms. The van der Waals surface area contributed by atoms with E-state index in [-0.39, 0.29) is 11.9 Å². The van der Waals surface area contributed by atoms with E-state index in [1.807, 2.05) is 18.2 Å². The lowest BCUT2D eigenvalue weighted by atomic mass is 9.99. The lowest BCUT2D eigenvalue weighted by Crippen LogP contribution is -2.33. The molecule has 0 radical (unpaired) electrons. The maximum absolute atomic E-state index is 13.6. The Kier molecular flexibility index (Phi) is 5.68. The van der Waals surface area contributed by atoms with Gasteiger partial charge in [-0.3, -0.25) is 4.98 Å². The molecule has 0 fully saturated rings. The summed E-state index contributed by atoms with van der Waals surface area (Å²) in [6, 6.07) is 9.50. The van der Waals surface area contributed by atoms with Crippen molar-refractivity contribution < 1.29 is 4.39 Å². The Morgan fingerprint density at radius 1 is 1.20 bits per heavy atom. The molecule has 0 aliphatic rings. The molecule has 0 saturated carbocycles. The van der Waals surface area contributed by atoms with Crippen LogP contribution in [0.1, 0.15) is 18.1 Å². The number of aromatic nitrogens is 1. The van der Waals surface area contributed by atoms with Gasteiger partial charge in [-0.1, -0.05) is 19.1 Å². The minimum absolute atomic E-state index is 0.207. The van der Waals surface area contributed by atoms with Crippen molar-refractivity contribution in [3.05, 3.63) is 64.1 Å². The molecule has 1 unspecified atom stereocenters. The number of pyridine rings is 1. The summed E-state index contributed by atoms with van der Waals surface area (Å²) >= 11 is 3.33. The highest BCUT2D eigenvalue weighted by Crippen LogP contribution is 2.22. The Bertz CT molecular complexity index is 545. The third kappa shape index (κ3) is 4.12. The van der Waals surface area contributed by atoms with Gasteiger partial charge >= 0.3 is 0 Å². The van der Waals surface area contributed by atoms with E-state index in [1.165, 1.54) is 11.6 Å². The van der Waals surface area contributed by atoms with Crippen LogP contribution in [-0.2, 0) is 12.8 Å². The van der Waals surface area contributed by atoms with Gasteiger partial charge in [-0.2, -0.15) is 0 Å². The molecule has 0 bridgehead atoms. The van der Waals surface area contributed by atoms with Crippen LogP contribution in [0.4, 0.5) is 4.39 Å². The van der Waals surface area contributed by atoms with Crippen molar-refractivity contribution in [3.63, 3.8) is 0 Å². The first-order valence-electron chi connectivity index (χ1n) is 6.76. The van der Waals surface area contributed by atoms with E-state index in [0.29, 0.717) is 4.47 Å². The Labute approximate surface area is 127 Å². The summed E-state index contributed by atoms with van der Waals surface area (Å²) in [5.74, 6) is -0.207. The molecule has 1 aromatic heterocycles. The predicted molar refractivity (Wildman–Crippen MR) is 83.2 cm³/mol. The molecule has 0 saturated heterocycles. The van der Waals surface area contributed by atoms with Crippen LogP contribution in [0.2, 0.25) is 0 Å². The van der Waals surface area contributed by atoms with Crippen molar-refractivity contribution >= 4 is 15.9 Å². The molecule has 1 heterocycles. The summed E-state index contributed by atoms with van der Waals surface area (Å²) in [5.41, 5.74) is 2.23. The summed E-state index contributed by atoms with van der Waals surface area (Å²) < 4.78 is 14.1. The minimum Gasteiger partial charge on any atom is -0.314 e. The fourth-order valence-electron chi connectivity index (χ4n) is 2.28. The first-order chi connectivity index (χ1) is 9.70. The van der Waals surface area contributed by atoms with Gasteiger partial charge in [0, 0.05) is 18.4 Å². The molecule has 2 nitrogen and oxygen atoms in total. The number of likely N-dealkylation sites (N-methyl/N-ethyl adjacent to an activating group) is 1. The van der Waals surface area contributed by atoms with Crippen molar-refractivity contribution in [2.45, 2.75) is 25.8 Å². The fraction of sp³-hybridized carbons (Fsp3) is 0.312. The molecule has 1 aromatic carbocycles. The van der Waals surface area contributed by atoms with E-state index >= 15 is 0 Å². The first kappa shape index (κ1) is 15.1. The smallest absolute Gasteiger partial charge is 0.137 e. The zero-order valence-electron chi connectivity index (χ0n) is 11.4. The lowest BCUT2D eigenvalue weighted by Gasteiger charge is -2.19. The normalized spacial score (nSPS) is 12.3. The molecule has 4 heteroatoms. The Hall–Kier alpha value is -1.26. The largest absolute Gasteiger partial charge is 0.314 e. The van der Waals surface area contributed by atoms with E-state index in [2.05, 4.69) is 33.2 Å². The molecule has 1 atom stereocenters.